The van der Waals surface area contributed by atoms with Crippen molar-refractivity contribution >= 4 is 11.9 Å². The van der Waals surface area contributed by atoms with Gasteiger partial charge in [0.15, 0.2) is 0 Å². The maximum atomic E-state index is 11.4. The molecule has 0 aliphatic carbocycles. The summed E-state index contributed by atoms with van der Waals surface area (Å²) >= 11 is 0. The Morgan fingerprint density at radius 2 is 2.07 bits per heavy atom. The molecule has 1 aliphatic heterocycles. The van der Waals surface area contributed by atoms with E-state index in [0.29, 0.717) is 12.0 Å². The zero-order valence-corrected chi connectivity index (χ0v) is 8.10. The van der Waals surface area contributed by atoms with E-state index in [1.165, 1.54) is 0 Å². The molecule has 15 heavy (non-hydrogen) atoms. The summed E-state index contributed by atoms with van der Waals surface area (Å²) in [4.78, 5) is 22.0. The van der Waals surface area contributed by atoms with Crippen LogP contribution in [0.2, 0.25) is 0 Å². The van der Waals surface area contributed by atoms with Crippen LogP contribution in [0.15, 0.2) is 30.3 Å². The van der Waals surface area contributed by atoms with Gasteiger partial charge in [-0.2, -0.15) is 0 Å². The first-order valence-corrected chi connectivity index (χ1v) is 4.77. The van der Waals surface area contributed by atoms with Crippen LogP contribution in [-0.2, 0) is 9.53 Å². The van der Waals surface area contributed by atoms with E-state index in [4.69, 9.17) is 4.74 Å². The molecule has 0 spiro atoms. The summed E-state index contributed by atoms with van der Waals surface area (Å²) in [6.45, 7) is 0.249. The van der Waals surface area contributed by atoms with Gasteiger partial charge in [0.05, 0.1) is 18.0 Å². The lowest BCUT2D eigenvalue weighted by Crippen LogP contribution is -2.51. The van der Waals surface area contributed by atoms with Gasteiger partial charge in [0.2, 0.25) is 5.91 Å². The fourth-order valence-corrected chi connectivity index (χ4v) is 1.36. The summed E-state index contributed by atoms with van der Waals surface area (Å²) in [5, 5.41) is 2.63. The van der Waals surface area contributed by atoms with Gasteiger partial charge in [-0.3, -0.25) is 4.79 Å². The maximum Gasteiger partial charge on any atom is 0.338 e. The first kappa shape index (κ1) is 9.71. The van der Waals surface area contributed by atoms with Crippen molar-refractivity contribution in [2.45, 2.75) is 12.5 Å². The predicted molar refractivity (Wildman–Crippen MR) is 53.3 cm³/mol. The van der Waals surface area contributed by atoms with Crippen molar-refractivity contribution < 1.29 is 14.3 Å². The zero-order valence-electron chi connectivity index (χ0n) is 8.10. The zero-order chi connectivity index (χ0) is 10.7. The number of amides is 1. The molecule has 4 nitrogen and oxygen atoms in total. The quantitative estimate of drug-likeness (QED) is 0.584. The molecule has 1 N–H and O–H groups in total. The van der Waals surface area contributed by atoms with Crippen LogP contribution in [0.1, 0.15) is 16.8 Å². The second-order valence-electron chi connectivity index (χ2n) is 3.43. The summed E-state index contributed by atoms with van der Waals surface area (Å²) in [6.07, 6.45) is 0.446. The first-order valence-electron chi connectivity index (χ1n) is 4.77. The molecule has 0 saturated carbocycles. The monoisotopic (exact) mass is 205 g/mol. The topological polar surface area (TPSA) is 55.4 Å². The summed E-state index contributed by atoms with van der Waals surface area (Å²) in [6, 6.07) is 8.78. The van der Waals surface area contributed by atoms with Gasteiger partial charge in [0.1, 0.15) is 6.61 Å². The molecular formula is C11H11NO3. The normalized spacial score (nSPS) is 18.9. The molecule has 4 heteroatoms. The Kier molecular flexibility index (Phi) is 2.67. The van der Waals surface area contributed by atoms with Gasteiger partial charge in [-0.25, -0.2) is 4.79 Å². The molecule has 1 fully saturated rings. The number of benzene rings is 1. The van der Waals surface area contributed by atoms with E-state index in [1.807, 2.05) is 6.07 Å². The average Bonchev–Trinajstić information content (AvgIpc) is 2.23. The Morgan fingerprint density at radius 1 is 1.40 bits per heavy atom. The number of nitrogens with one attached hydrogen (secondary N) is 1. The van der Waals surface area contributed by atoms with Crippen molar-refractivity contribution in [2.75, 3.05) is 6.61 Å². The van der Waals surface area contributed by atoms with E-state index >= 15 is 0 Å². The second kappa shape index (κ2) is 4.13. The lowest BCUT2D eigenvalue weighted by Gasteiger charge is -2.26. The van der Waals surface area contributed by atoms with Gasteiger partial charge < -0.3 is 10.1 Å². The molecule has 0 radical (unpaired) electrons. The molecule has 1 heterocycles. The highest BCUT2D eigenvalue weighted by Crippen LogP contribution is 2.06. The third kappa shape index (κ3) is 2.34. The molecule has 2 rings (SSSR count). The molecular weight excluding hydrogens is 194 g/mol. The molecule has 1 atom stereocenters. The van der Waals surface area contributed by atoms with E-state index in [-0.39, 0.29) is 24.5 Å². The highest BCUT2D eigenvalue weighted by atomic mass is 16.5. The van der Waals surface area contributed by atoms with Gasteiger partial charge >= 0.3 is 5.97 Å². The minimum absolute atomic E-state index is 0.00911. The molecule has 1 saturated heterocycles. The van der Waals surface area contributed by atoms with Crippen LogP contribution in [0.25, 0.3) is 0 Å². The van der Waals surface area contributed by atoms with Crippen LogP contribution in [0, 0.1) is 0 Å². The van der Waals surface area contributed by atoms with Crippen molar-refractivity contribution in [3.8, 4) is 0 Å². The highest BCUT2D eigenvalue weighted by Gasteiger charge is 2.26. The minimum atomic E-state index is -0.350. The van der Waals surface area contributed by atoms with Crippen molar-refractivity contribution in [3.05, 3.63) is 35.9 Å². The largest absolute Gasteiger partial charge is 0.460 e. The first-order chi connectivity index (χ1) is 7.25. The second-order valence-corrected chi connectivity index (χ2v) is 3.43. The van der Waals surface area contributed by atoms with Gasteiger partial charge in [0.25, 0.3) is 0 Å². The standard InChI is InChI=1S/C11H11NO3/c13-10-6-9(12-10)7-15-11(14)8-4-2-1-3-5-8/h1-5,9H,6-7H2,(H,12,13). The average molecular weight is 205 g/mol. The SMILES string of the molecule is O=C1CC(COC(=O)c2ccccc2)N1. The lowest BCUT2D eigenvalue weighted by atomic mass is 10.1. The van der Waals surface area contributed by atoms with Crippen LogP contribution < -0.4 is 5.32 Å². The fraction of sp³-hybridized carbons (Fsp3) is 0.273. The van der Waals surface area contributed by atoms with Crippen molar-refractivity contribution in [1.82, 2.24) is 5.32 Å². The summed E-state index contributed by atoms with van der Waals surface area (Å²) in [7, 11) is 0. The number of hydrogen-bond donors (Lipinski definition) is 1. The molecule has 78 valence electrons. The van der Waals surface area contributed by atoms with Crippen LogP contribution in [0.4, 0.5) is 0 Å². The molecule has 1 amide bonds. The Hall–Kier alpha value is -1.84. The number of esters is 1. The van der Waals surface area contributed by atoms with Crippen molar-refractivity contribution in [2.24, 2.45) is 0 Å². The maximum absolute atomic E-state index is 11.4. The number of carbonyl (C=O) groups is 2. The molecule has 0 bridgehead atoms. The number of ether oxygens (including phenoxy) is 1. The molecule has 1 aliphatic rings. The minimum Gasteiger partial charge on any atom is -0.460 e. The summed E-state index contributed by atoms with van der Waals surface area (Å²) in [5.74, 6) is -0.340. The van der Waals surface area contributed by atoms with E-state index in [0.717, 1.165) is 0 Å². The van der Waals surface area contributed by atoms with Gasteiger partial charge in [-0.1, -0.05) is 18.2 Å². The molecule has 1 aromatic carbocycles. The van der Waals surface area contributed by atoms with Crippen LogP contribution in [-0.4, -0.2) is 24.5 Å². The third-order valence-corrected chi connectivity index (χ3v) is 2.22. The van der Waals surface area contributed by atoms with Crippen LogP contribution in [0.5, 0.6) is 0 Å². The van der Waals surface area contributed by atoms with Gasteiger partial charge in [0, 0.05) is 0 Å². The summed E-state index contributed by atoms with van der Waals surface area (Å²) < 4.78 is 5.03. The van der Waals surface area contributed by atoms with E-state index in [2.05, 4.69) is 5.32 Å². The smallest absolute Gasteiger partial charge is 0.338 e. The number of rotatable bonds is 3. The predicted octanol–water partition coefficient (Wildman–Crippen LogP) is 0.732. The fourth-order valence-electron chi connectivity index (χ4n) is 1.36. The van der Waals surface area contributed by atoms with Crippen molar-refractivity contribution in [3.63, 3.8) is 0 Å². The Balaban J connectivity index is 1.80. The van der Waals surface area contributed by atoms with E-state index < -0.39 is 0 Å². The molecule has 0 aromatic heterocycles. The van der Waals surface area contributed by atoms with Gasteiger partial charge in [-0.15, -0.1) is 0 Å². The summed E-state index contributed by atoms with van der Waals surface area (Å²) in [5.41, 5.74) is 0.531. The Bertz CT molecular complexity index is 367. The lowest BCUT2D eigenvalue weighted by molar-refractivity contribution is -0.129. The van der Waals surface area contributed by atoms with E-state index in [9.17, 15) is 9.59 Å². The Morgan fingerprint density at radius 3 is 2.67 bits per heavy atom. The third-order valence-electron chi connectivity index (χ3n) is 2.22. The van der Waals surface area contributed by atoms with Gasteiger partial charge in [-0.05, 0) is 12.1 Å². The van der Waals surface area contributed by atoms with Crippen LogP contribution in [0.3, 0.4) is 0 Å². The number of hydrogen-bond acceptors (Lipinski definition) is 3. The highest BCUT2D eigenvalue weighted by molar-refractivity contribution is 5.89. The molecule has 1 unspecified atom stereocenters. The van der Waals surface area contributed by atoms with E-state index in [1.54, 1.807) is 24.3 Å². The van der Waals surface area contributed by atoms with Crippen LogP contribution >= 0.6 is 0 Å². The Labute approximate surface area is 87.2 Å². The molecule has 1 aromatic rings. The number of β-lactam (4-membered cyclic amide) rings is 1. The van der Waals surface area contributed by atoms with Crippen molar-refractivity contribution in [1.29, 1.82) is 0 Å². The number of carbonyl (C=O) groups excluding carboxylic acids is 2.